The van der Waals surface area contributed by atoms with Crippen LogP contribution < -0.4 is 5.32 Å². The van der Waals surface area contributed by atoms with Gasteiger partial charge < -0.3 is 5.32 Å². The van der Waals surface area contributed by atoms with Crippen LogP contribution in [0.15, 0.2) is 30.9 Å². The normalized spacial score (nSPS) is 11.9. The largest absolute Gasteiger partial charge is 0.346 e. The molecule has 0 heterocycles. The fourth-order valence-corrected chi connectivity index (χ4v) is 1.58. The minimum Gasteiger partial charge on any atom is -0.346 e. The number of hydrogen-bond acceptors (Lipinski definition) is 1. The summed E-state index contributed by atoms with van der Waals surface area (Å²) >= 11 is 0. The molecule has 15 heavy (non-hydrogen) atoms. The second-order valence-corrected chi connectivity index (χ2v) is 3.79. The Bertz CT molecular complexity index is 382. The monoisotopic (exact) mass is 203 g/mol. The van der Waals surface area contributed by atoms with Crippen LogP contribution in [0.4, 0.5) is 0 Å². The molecule has 1 aromatic carbocycles. The molecule has 0 aliphatic rings. The summed E-state index contributed by atoms with van der Waals surface area (Å²) in [5.74, 6) is -0.136. The summed E-state index contributed by atoms with van der Waals surface area (Å²) in [6.45, 7) is 9.50. The topological polar surface area (TPSA) is 29.1 Å². The van der Waals surface area contributed by atoms with Crippen molar-refractivity contribution in [2.24, 2.45) is 0 Å². The molecule has 80 valence electrons. The van der Waals surface area contributed by atoms with Gasteiger partial charge in [0.05, 0.1) is 6.04 Å². The molecule has 0 aromatic heterocycles. The minimum absolute atomic E-state index is 0.0235. The summed E-state index contributed by atoms with van der Waals surface area (Å²) in [6, 6.07) is 6.27. The predicted octanol–water partition coefficient (Wildman–Crippen LogP) is 2.67. The first-order valence-corrected chi connectivity index (χ1v) is 5.04. The van der Waals surface area contributed by atoms with Gasteiger partial charge in [-0.3, -0.25) is 4.79 Å². The van der Waals surface area contributed by atoms with Crippen LogP contribution in [0.25, 0.3) is 0 Å². The van der Waals surface area contributed by atoms with E-state index in [-0.39, 0.29) is 11.9 Å². The van der Waals surface area contributed by atoms with Crippen LogP contribution in [0.5, 0.6) is 0 Å². The average Bonchev–Trinajstić information content (AvgIpc) is 2.21. The van der Waals surface area contributed by atoms with Crippen molar-refractivity contribution in [3.63, 3.8) is 0 Å². The molecule has 2 nitrogen and oxygen atoms in total. The summed E-state index contributed by atoms with van der Waals surface area (Å²) < 4.78 is 0. The molecule has 0 radical (unpaired) electrons. The summed E-state index contributed by atoms with van der Waals surface area (Å²) in [6.07, 6.45) is 1.29. The van der Waals surface area contributed by atoms with Crippen LogP contribution in [0.3, 0.4) is 0 Å². The number of nitrogens with one attached hydrogen (secondary N) is 1. The minimum atomic E-state index is -0.136. The Labute approximate surface area is 91.0 Å². The third kappa shape index (κ3) is 2.94. The van der Waals surface area contributed by atoms with Crippen molar-refractivity contribution in [1.82, 2.24) is 5.32 Å². The molecule has 2 heteroatoms. The molecule has 1 N–H and O–H groups in total. The lowest BCUT2D eigenvalue weighted by Crippen LogP contribution is -2.25. The van der Waals surface area contributed by atoms with E-state index in [2.05, 4.69) is 30.1 Å². The third-order valence-electron chi connectivity index (χ3n) is 2.45. The summed E-state index contributed by atoms with van der Waals surface area (Å²) in [5.41, 5.74) is 3.55. The number of benzene rings is 1. The van der Waals surface area contributed by atoms with Crippen molar-refractivity contribution in [2.45, 2.75) is 26.8 Å². The summed E-state index contributed by atoms with van der Waals surface area (Å²) in [7, 11) is 0. The number of carbonyl (C=O) groups excluding carboxylic acids is 1. The maximum Gasteiger partial charge on any atom is 0.243 e. The Balaban J connectivity index is 2.90. The molecule has 1 aromatic rings. The van der Waals surface area contributed by atoms with Gasteiger partial charge in [0.15, 0.2) is 0 Å². The summed E-state index contributed by atoms with van der Waals surface area (Å²) in [4.78, 5) is 11.2. The van der Waals surface area contributed by atoms with Crippen molar-refractivity contribution >= 4 is 5.91 Å². The lowest BCUT2D eigenvalue weighted by molar-refractivity contribution is -0.117. The molecule has 0 saturated carbocycles. The highest BCUT2D eigenvalue weighted by atomic mass is 16.1. The van der Waals surface area contributed by atoms with Gasteiger partial charge in [0.1, 0.15) is 0 Å². The second kappa shape index (κ2) is 4.78. The smallest absolute Gasteiger partial charge is 0.243 e. The molecule has 0 bridgehead atoms. The van der Waals surface area contributed by atoms with Crippen molar-refractivity contribution in [1.29, 1.82) is 0 Å². The SMILES string of the molecule is C=CC(=O)NC(C)c1cc(C)ccc1C. The molecular formula is C13H17NO. The van der Waals surface area contributed by atoms with Crippen LogP contribution in [0.2, 0.25) is 0 Å². The van der Waals surface area contributed by atoms with Gasteiger partial charge in [0.25, 0.3) is 0 Å². The number of carbonyl (C=O) groups is 1. The van der Waals surface area contributed by atoms with Gasteiger partial charge in [0, 0.05) is 0 Å². The van der Waals surface area contributed by atoms with E-state index >= 15 is 0 Å². The number of aryl methyl sites for hydroxylation is 2. The zero-order chi connectivity index (χ0) is 11.4. The molecule has 0 aliphatic heterocycles. The third-order valence-corrected chi connectivity index (χ3v) is 2.45. The lowest BCUT2D eigenvalue weighted by atomic mass is 10.00. The van der Waals surface area contributed by atoms with E-state index in [1.807, 2.05) is 20.8 Å². The fraction of sp³-hybridized carbons (Fsp3) is 0.308. The van der Waals surface area contributed by atoms with Crippen LogP contribution in [-0.2, 0) is 4.79 Å². The first-order chi connectivity index (χ1) is 7.04. The van der Waals surface area contributed by atoms with E-state index in [9.17, 15) is 4.79 Å². The van der Waals surface area contributed by atoms with Gasteiger partial charge in [0.2, 0.25) is 5.91 Å². The van der Waals surface area contributed by atoms with Crippen LogP contribution in [0, 0.1) is 13.8 Å². The molecule has 0 spiro atoms. The van der Waals surface area contributed by atoms with Gasteiger partial charge in [-0.05, 0) is 38.0 Å². The average molecular weight is 203 g/mol. The Hall–Kier alpha value is -1.57. The maximum absolute atomic E-state index is 11.2. The van der Waals surface area contributed by atoms with E-state index in [1.54, 1.807) is 0 Å². The van der Waals surface area contributed by atoms with Crippen molar-refractivity contribution in [3.8, 4) is 0 Å². The summed E-state index contributed by atoms with van der Waals surface area (Å²) in [5, 5.41) is 2.86. The maximum atomic E-state index is 11.2. The van der Waals surface area contributed by atoms with E-state index in [0.29, 0.717) is 0 Å². The van der Waals surface area contributed by atoms with Crippen LogP contribution >= 0.6 is 0 Å². The lowest BCUT2D eigenvalue weighted by Gasteiger charge is -2.16. The van der Waals surface area contributed by atoms with Crippen molar-refractivity contribution < 1.29 is 4.79 Å². The highest BCUT2D eigenvalue weighted by Crippen LogP contribution is 2.18. The molecule has 1 atom stereocenters. The molecule has 1 amide bonds. The Morgan fingerprint density at radius 3 is 2.73 bits per heavy atom. The Morgan fingerprint density at radius 2 is 2.13 bits per heavy atom. The van der Waals surface area contributed by atoms with Crippen LogP contribution in [0.1, 0.15) is 29.7 Å². The fourth-order valence-electron chi connectivity index (χ4n) is 1.58. The van der Waals surface area contributed by atoms with Gasteiger partial charge in [-0.15, -0.1) is 0 Å². The number of rotatable bonds is 3. The zero-order valence-corrected chi connectivity index (χ0v) is 9.50. The first kappa shape index (κ1) is 11.5. The standard InChI is InChI=1S/C13H17NO/c1-5-13(15)14-11(4)12-8-9(2)6-7-10(12)3/h5-8,11H,1H2,2-4H3,(H,14,15). The van der Waals surface area contributed by atoms with Gasteiger partial charge in [-0.1, -0.05) is 30.3 Å². The Morgan fingerprint density at radius 1 is 1.47 bits per heavy atom. The zero-order valence-electron chi connectivity index (χ0n) is 9.50. The molecular weight excluding hydrogens is 186 g/mol. The highest BCUT2D eigenvalue weighted by Gasteiger charge is 2.09. The van der Waals surface area contributed by atoms with E-state index in [0.717, 1.165) is 5.56 Å². The van der Waals surface area contributed by atoms with E-state index in [1.165, 1.54) is 17.2 Å². The van der Waals surface area contributed by atoms with Gasteiger partial charge >= 0.3 is 0 Å². The number of amides is 1. The first-order valence-electron chi connectivity index (χ1n) is 5.04. The Kier molecular flexibility index (Phi) is 3.67. The van der Waals surface area contributed by atoms with Crippen molar-refractivity contribution in [2.75, 3.05) is 0 Å². The van der Waals surface area contributed by atoms with E-state index < -0.39 is 0 Å². The van der Waals surface area contributed by atoms with Crippen LogP contribution in [-0.4, -0.2) is 5.91 Å². The molecule has 1 unspecified atom stereocenters. The molecule has 0 saturated heterocycles. The van der Waals surface area contributed by atoms with E-state index in [4.69, 9.17) is 0 Å². The second-order valence-electron chi connectivity index (χ2n) is 3.79. The van der Waals surface area contributed by atoms with Gasteiger partial charge in [-0.2, -0.15) is 0 Å². The molecule has 1 rings (SSSR count). The molecule has 0 aliphatic carbocycles. The number of hydrogen-bond donors (Lipinski definition) is 1. The van der Waals surface area contributed by atoms with Gasteiger partial charge in [-0.25, -0.2) is 0 Å². The quantitative estimate of drug-likeness (QED) is 0.752. The molecule has 0 fully saturated rings. The highest BCUT2D eigenvalue weighted by molar-refractivity contribution is 5.87. The predicted molar refractivity (Wildman–Crippen MR) is 62.7 cm³/mol. The van der Waals surface area contributed by atoms with Crippen molar-refractivity contribution in [3.05, 3.63) is 47.5 Å².